The van der Waals surface area contributed by atoms with Gasteiger partial charge in [0.2, 0.25) is 0 Å². The van der Waals surface area contributed by atoms with Gasteiger partial charge in [-0.15, -0.1) is 0 Å². The summed E-state index contributed by atoms with van der Waals surface area (Å²) in [5, 5.41) is 2.17. The van der Waals surface area contributed by atoms with Gasteiger partial charge in [0, 0.05) is 21.9 Å². The SMILES string of the molecule is COc1cc2c(oc3cc4c(cc32)-c2ccccc2-c2ccccc2-c2cccc(C)c2-4)c(-c2cc(C)c(C)cc2C)c1C. The summed E-state index contributed by atoms with van der Waals surface area (Å²) >= 11 is 0. The molecule has 1 aliphatic rings. The molecule has 0 aliphatic heterocycles. The lowest BCUT2D eigenvalue weighted by Crippen LogP contribution is -1.98. The van der Waals surface area contributed by atoms with Crippen LogP contribution in [-0.4, -0.2) is 7.11 Å². The molecule has 214 valence electrons. The second-order valence-electron chi connectivity index (χ2n) is 12.3. The van der Waals surface area contributed by atoms with Crippen LogP contribution in [0, 0.1) is 34.6 Å². The van der Waals surface area contributed by atoms with Crippen LogP contribution in [-0.2, 0) is 0 Å². The van der Waals surface area contributed by atoms with Crippen LogP contribution in [0.2, 0.25) is 0 Å². The first-order valence-electron chi connectivity index (χ1n) is 15.3. The number of ether oxygens (including phenoxy) is 1. The molecule has 0 atom stereocenters. The summed E-state index contributed by atoms with van der Waals surface area (Å²) in [5.74, 6) is 0.870. The second-order valence-corrected chi connectivity index (χ2v) is 12.3. The quantitative estimate of drug-likeness (QED) is 0.206. The van der Waals surface area contributed by atoms with Gasteiger partial charge in [-0.05, 0) is 125 Å². The van der Waals surface area contributed by atoms with Crippen LogP contribution < -0.4 is 4.74 Å². The summed E-state index contributed by atoms with van der Waals surface area (Å²) in [6, 6.07) is 35.6. The number of methoxy groups -OCH3 is 1. The van der Waals surface area contributed by atoms with Crippen LogP contribution >= 0.6 is 0 Å². The van der Waals surface area contributed by atoms with Crippen molar-refractivity contribution in [2.45, 2.75) is 34.6 Å². The first kappa shape index (κ1) is 26.5. The standard InChI is InChI=1S/C42H34O2/c1-23-12-11-17-32-30-15-9-7-13-28(30)29-14-8-10-16-31(29)34-20-35-37-22-38(43-6)27(5)41(33-19-25(3)24(2)18-26(33)4)42(37)44-39(35)21-36(34)40(23)32/h7-22H,1-6H3. The maximum absolute atomic E-state index is 6.94. The molecule has 0 radical (unpaired) electrons. The van der Waals surface area contributed by atoms with Crippen molar-refractivity contribution < 1.29 is 9.15 Å². The summed E-state index contributed by atoms with van der Waals surface area (Å²) in [5.41, 5.74) is 20.1. The number of benzene rings is 6. The smallest absolute Gasteiger partial charge is 0.143 e. The van der Waals surface area contributed by atoms with Gasteiger partial charge in [0.15, 0.2) is 0 Å². The van der Waals surface area contributed by atoms with Gasteiger partial charge in [0.05, 0.1) is 7.11 Å². The van der Waals surface area contributed by atoms with E-state index in [0.29, 0.717) is 0 Å². The number of hydrogen-bond acceptors (Lipinski definition) is 2. The highest BCUT2D eigenvalue weighted by Gasteiger charge is 2.26. The maximum Gasteiger partial charge on any atom is 0.143 e. The lowest BCUT2D eigenvalue weighted by atomic mass is 9.79. The topological polar surface area (TPSA) is 22.4 Å². The van der Waals surface area contributed by atoms with E-state index in [1.165, 1.54) is 72.3 Å². The van der Waals surface area contributed by atoms with Gasteiger partial charge in [-0.25, -0.2) is 0 Å². The molecule has 0 N–H and O–H groups in total. The fourth-order valence-electron chi connectivity index (χ4n) is 7.38. The van der Waals surface area contributed by atoms with E-state index in [9.17, 15) is 0 Å². The molecule has 0 spiro atoms. The van der Waals surface area contributed by atoms with Crippen molar-refractivity contribution in [2.24, 2.45) is 0 Å². The third-order valence-electron chi connectivity index (χ3n) is 9.71. The fraction of sp³-hybridized carbons (Fsp3) is 0.143. The van der Waals surface area contributed by atoms with Gasteiger partial charge in [0.25, 0.3) is 0 Å². The van der Waals surface area contributed by atoms with Crippen LogP contribution in [0.25, 0.3) is 77.6 Å². The zero-order valence-electron chi connectivity index (χ0n) is 26.1. The normalized spacial score (nSPS) is 11.9. The highest BCUT2D eigenvalue weighted by molar-refractivity contribution is 6.15. The summed E-state index contributed by atoms with van der Waals surface area (Å²) in [6.45, 7) is 10.9. The molecule has 2 heteroatoms. The summed E-state index contributed by atoms with van der Waals surface area (Å²) in [7, 11) is 1.76. The van der Waals surface area contributed by atoms with Crippen molar-refractivity contribution in [3.05, 3.63) is 125 Å². The van der Waals surface area contributed by atoms with Crippen molar-refractivity contribution in [3.63, 3.8) is 0 Å². The highest BCUT2D eigenvalue weighted by Crippen LogP contribution is 2.51. The molecule has 0 saturated heterocycles. The average Bonchev–Trinajstić information content (AvgIpc) is 3.38. The number of rotatable bonds is 2. The molecule has 0 amide bonds. The fourth-order valence-corrected chi connectivity index (χ4v) is 7.38. The Kier molecular flexibility index (Phi) is 5.86. The molecule has 6 aromatic carbocycles. The predicted molar refractivity (Wildman–Crippen MR) is 185 cm³/mol. The Balaban J connectivity index is 1.54. The molecule has 1 heterocycles. The molecule has 8 rings (SSSR count). The van der Waals surface area contributed by atoms with Gasteiger partial charge in [0.1, 0.15) is 16.9 Å². The highest BCUT2D eigenvalue weighted by atomic mass is 16.5. The molecule has 1 aliphatic carbocycles. The zero-order valence-corrected chi connectivity index (χ0v) is 26.1. The van der Waals surface area contributed by atoms with E-state index in [0.717, 1.165) is 38.8 Å². The van der Waals surface area contributed by atoms with Crippen molar-refractivity contribution in [3.8, 4) is 61.4 Å². The second kappa shape index (κ2) is 9.72. The summed E-state index contributed by atoms with van der Waals surface area (Å²) < 4.78 is 12.9. The number of hydrogen-bond donors (Lipinski definition) is 0. The molecular formula is C42H34O2. The van der Waals surface area contributed by atoms with Crippen molar-refractivity contribution in [1.29, 1.82) is 0 Å². The monoisotopic (exact) mass is 570 g/mol. The Morgan fingerprint density at radius 2 is 1.07 bits per heavy atom. The van der Waals surface area contributed by atoms with Crippen LogP contribution in [0.4, 0.5) is 0 Å². The summed E-state index contributed by atoms with van der Waals surface area (Å²) in [4.78, 5) is 0. The Labute approximate surface area is 258 Å². The van der Waals surface area contributed by atoms with E-state index < -0.39 is 0 Å². The minimum Gasteiger partial charge on any atom is -0.496 e. The van der Waals surface area contributed by atoms with Crippen LogP contribution in [0.1, 0.15) is 27.8 Å². The number of aryl methyl sites for hydroxylation is 4. The van der Waals surface area contributed by atoms with Crippen LogP contribution in [0.15, 0.2) is 101 Å². The lowest BCUT2D eigenvalue weighted by Gasteiger charge is -2.24. The third kappa shape index (κ3) is 3.74. The molecule has 7 aromatic rings. The summed E-state index contributed by atoms with van der Waals surface area (Å²) in [6.07, 6.45) is 0. The van der Waals surface area contributed by atoms with E-state index in [-0.39, 0.29) is 0 Å². The van der Waals surface area contributed by atoms with Gasteiger partial charge >= 0.3 is 0 Å². The van der Waals surface area contributed by atoms with Crippen molar-refractivity contribution in [2.75, 3.05) is 7.11 Å². The van der Waals surface area contributed by atoms with E-state index in [1.54, 1.807) is 7.11 Å². The van der Waals surface area contributed by atoms with Gasteiger partial charge < -0.3 is 9.15 Å². The Hall–Kier alpha value is -5.08. The molecule has 1 aromatic heterocycles. The maximum atomic E-state index is 6.94. The molecule has 2 nitrogen and oxygen atoms in total. The van der Waals surface area contributed by atoms with Crippen molar-refractivity contribution >= 4 is 21.9 Å². The van der Waals surface area contributed by atoms with E-state index in [1.807, 2.05) is 0 Å². The van der Waals surface area contributed by atoms with E-state index >= 15 is 0 Å². The number of furan rings is 1. The van der Waals surface area contributed by atoms with E-state index in [4.69, 9.17) is 9.15 Å². The molecular weight excluding hydrogens is 536 g/mol. The number of fused-ring (bicyclic) bond motifs is 11. The Morgan fingerprint density at radius 1 is 0.455 bits per heavy atom. The zero-order chi connectivity index (χ0) is 30.3. The van der Waals surface area contributed by atoms with Gasteiger partial charge in [-0.3, -0.25) is 0 Å². The first-order valence-corrected chi connectivity index (χ1v) is 15.3. The molecule has 0 fully saturated rings. The van der Waals surface area contributed by atoms with Crippen LogP contribution in [0.3, 0.4) is 0 Å². The molecule has 0 unspecified atom stereocenters. The molecule has 0 saturated carbocycles. The Bertz CT molecular complexity index is 2310. The predicted octanol–water partition coefficient (Wildman–Crippen LogP) is 11.8. The third-order valence-corrected chi connectivity index (χ3v) is 9.71. The minimum atomic E-state index is 0.870. The van der Waals surface area contributed by atoms with Crippen molar-refractivity contribution in [1.82, 2.24) is 0 Å². The van der Waals surface area contributed by atoms with E-state index in [2.05, 4.69) is 132 Å². The minimum absolute atomic E-state index is 0.870. The van der Waals surface area contributed by atoms with Gasteiger partial charge in [-0.1, -0.05) is 78.9 Å². The van der Waals surface area contributed by atoms with Crippen LogP contribution in [0.5, 0.6) is 5.75 Å². The first-order chi connectivity index (χ1) is 21.4. The van der Waals surface area contributed by atoms with Gasteiger partial charge in [-0.2, -0.15) is 0 Å². The average molecular weight is 571 g/mol. The molecule has 0 bridgehead atoms. The lowest BCUT2D eigenvalue weighted by molar-refractivity contribution is 0.412. The largest absolute Gasteiger partial charge is 0.496 e. The molecule has 44 heavy (non-hydrogen) atoms. The Morgan fingerprint density at radius 3 is 1.75 bits per heavy atom.